The fourth-order valence-electron chi connectivity index (χ4n) is 2.79. The van der Waals surface area contributed by atoms with Gasteiger partial charge in [0.25, 0.3) is 0 Å². The predicted octanol–water partition coefficient (Wildman–Crippen LogP) is 3.06. The van der Waals surface area contributed by atoms with E-state index in [1.807, 2.05) is 44.3 Å². The van der Waals surface area contributed by atoms with Gasteiger partial charge in [0.05, 0.1) is 7.11 Å². The van der Waals surface area contributed by atoms with E-state index >= 15 is 0 Å². The molecule has 0 radical (unpaired) electrons. The first-order valence-corrected chi connectivity index (χ1v) is 8.09. The van der Waals surface area contributed by atoms with Gasteiger partial charge in [-0.05, 0) is 50.1 Å². The van der Waals surface area contributed by atoms with Crippen molar-refractivity contribution in [3.63, 3.8) is 0 Å². The number of nitrogens with one attached hydrogen (secondary N) is 3. The molecule has 2 heterocycles. The highest BCUT2D eigenvalue weighted by Gasteiger charge is 2.09. The van der Waals surface area contributed by atoms with Gasteiger partial charge >= 0.3 is 0 Å². The summed E-state index contributed by atoms with van der Waals surface area (Å²) in [6, 6.07) is 7.88. The number of aromatic nitrogens is 3. The number of methoxy groups -OCH3 is 1. The number of hydrogen-bond donors (Lipinski definition) is 3. The molecular weight excluding hydrogens is 316 g/mol. The zero-order valence-electron chi connectivity index (χ0n) is 14.6. The van der Waals surface area contributed by atoms with Crippen LogP contribution in [0.5, 0.6) is 5.75 Å². The maximum Gasteiger partial charge on any atom is 0.242 e. The standard InChI is InChI=1S/C18H22N6O/c1-12-8-13(2)22-18(21-12)23-24(11-19)7-6-14-10-20-17-5-4-15(25-3)9-16(14)17/h4-5,8-11,19-20H,6-7H2,1-3H3,(H,21,22,23). The smallest absolute Gasteiger partial charge is 0.242 e. The second-order valence-electron chi connectivity index (χ2n) is 5.88. The third kappa shape index (κ3) is 3.88. The number of benzene rings is 1. The zero-order chi connectivity index (χ0) is 17.8. The number of ether oxygens (including phenoxy) is 1. The molecule has 0 spiro atoms. The zero-order valence-corrected chi connectivity index (χ0v) is 14.6. The minimum Gasteiger partial charge on any atom is -0.497 e. The first-order chi connectivity index (χ1) is 12.1. The average Bonchev–Trinajstić information content (AvgIpc) is 2.99. The third-order valence-corrected chi connectivity index (χ3v) is 3.98. The van der Waals surface area contributed by atoms with Gasteiger partial charge in [0.2, 0.25) is 5.95 Å². The minimum absolute atomic E-state index is 0.501. The maximum absolute atomic E-state index is 7.63. The van der Waals surface area contributed by atoms with Crippen LogP contribution in [0, 0.1) is 19.3 Å². The highest BCUT2D eigenvalue weighted by Crippen LogP contribution is 2.24. The molecule has 25 heavy (non-hydrogen) atoms. The molecule has 1 aromatic carbocycles. The second kappa shape index (κ2) is 7.21. The van der Waals surface area contributed by atoms with E-state index in [4.69, 9.17) is 10.1 Å². The molecule has 7 heteroatoms. The number of anilines is 1. The number of aromatic amines is 1. The molecule has 0 fully saturated rings. The molecule has 3 rings (SSSR count). The lowest BCUT2D eigenvalue weighted by Gasteiger charge is -2.20. The molecular formula is C18H22N6O. The van der Waals surface area contributed by atoms with E-state index in [0.29, 0.717) is 12.5 Å². The van der Waals surface area contributed by atoms with Crippen LogP contribution in [0.25, 0.3) is 10.9 Å². The number of aryl methyl sites for hydroxylation is 2. The normalized spacial score (nSPS) is 10.7. The topological polar surface area (TPSA) is 89.9 Å². The number of rotatable bonds is 7. The first-order valence-electron chi connectivity index (χ1n) is 8.09. The Labute approximate surface area is 146 Å². The SMILES string of the molecule is COc1ccc2[nH]cc(CCN(C=N)Nc3nc(C)cc(C)n3)c2c1. The summed E-state index contributed by atoms with van der Waals surface area (Å²) < 4.78 is 5.31. The van der Waals surface area contributed by atoms with Crippen LogP contribution >= 0.6 is 0 Å². The van der Waals surface area contributed by atoms with Gasteiger partial charge in [0.1, 0.15) is 12.1 Å². The number of hydrazine groups is 1. The van der Waals surface area contributed by atoms with E-state index < -0.39 is 0 Å². The summed E-state index contributed by atoms with van der Waals surface area (Å²) in [6.45, 7) is 4.46. The van der Waals surface area contributed by atoms with Gasteiger partial charge in [-0.3, -0.25) is 15.8 Å². The van der Waals surface area contributed by atoms with Crippen molar-refractivity contribution in [1.29, 1.82) is 5.41 Å². The van der Waals surface area contributed by atoms with E-state index in [1.54, 1.807) is 12.1 Å². The van der Waals surface area contributed by atoms with Crippen LogP contribution in [0.3, 0.4) is 0 Å². The Morgan fingerprint density at radius 2 is 2.00 bits per heavy atom. The van der Waals surface area contributed by atoms with Crippen LogP contribution in [0.4, 0.5) is 5.95 Å². The van der Waals surface area contributed by atoms with Crippen LogP contribution in [-0.4, -0.2) is 40.0 Å². The summed E-state index contributed by atoms with van der Waals surface area (Å²) in [4.78, 5) is 12.0. The first kappa shape index (κ1) is 16.8. The van der Waals surface area contributed by atoms with Crippen molar-refractivity contribution in [2.45, 2.75) is 20.3 Å². The summed E-state index contributed by atoms with van der Waals surface area (Å²) in [5.41, 5.74) is 7.10. The van der Waals surface area contributed by atoms with Crippen LogP contribution in [-0.2, 0) is 6.42 Å². The number of nitrogens with zero attached hydrogens (tertiary/aromatic N) is 3. The van der Waals surface area contributed by atoms with Crippen LogP contribution in [0.1, 0.15) is 17.0 Å². The molecule has 0 bridgehead atoms. The van der Waals surface area contributed by atoms with Crippen molar-refractivity contribution in [2.75, 3.05) is 19.1 Å². The van der Waals surface area contributed by atoms with E-state index in [-0.39, 0.29) is 0 Å². The van der Waals surface area contributed by atoms with Gasteiger partial charge < -0.3 is 9.72 Å². The van der Waals surface area contributed by atoms with Gasteiger partial charge in [0.15, 0.2) is 0 Å². The Morgan fingerprint density at radius 1 is 1.24 bits per heavy atom. The summed E-state index contributed by atoms with van der Waals surface area (Å²) in [5.74, 6) is 1.33. The second-order valence-corrected chi connectivity index (χ2v) is 5.88. The molecule has 0 saturated carbocycles. The van der Waals surface area contributed by atoms with Gasteiger partial charge in [-0.2, -0.15) is 0 Å². The number of hydrogen-bond acceptors (Lipinski definition) is 5. The molecule has 0 unspecified atom stereocenters. The lowest BCUT2D eigenvalue weighted by Crippen LogP contribution is -2.31. The minimum atomic E-state index is 0.501. The molecule has 0 aliphatic rings. The maximum atomic E-state index is 7.63. The third-order valence-electron chi connectivity index (χ3n) is 3.98. The van der Waals surface area contributed by atoms with E-state index in [0.717, 1.165) is 34.5 Å². The summed E-state index contributed by atoms with van der Waals surface area (Å²) >= 11 is 0. The highest BCUT2D eigenvalue weighted by molar-refractivity contribution is 5.84. The number of fused-ring (bicyclic) bond motifs is 1. The summed E-state index contributed by atoms with van der Waals surface area (Å²) in [7, 11) is 1.66. The average molecular weight is 338 g/mol. The van der Waals surface area contributed by atoms with E-state index in [1.165, 1.54) is 11.9 Å². The molecule has 0 saturated heterocycles. The molecule has 2 aromatic heterocycles. The van der Waals surface area contributed by atoms with Gasteiger partial charge in [-0.15, -0.1) is 0 Å². The molecule has 3 N–H and O–H groups in total. The van der Waals surface area contributed by atoms with Crippen molar-refractivity contribution in [3.8, 4) is 5.75 Å². The molecule has 3 aromatic rings. The fourth-order valence-corrected chi connectivity index (χ4v) is 2.79. The molecule has 0 aliphatic carbocycles. The predicted molar refractivity (Wildman–Crippen MR) is 99.2 cm³/mol. The molecule has 0 amide bonds. The summed E-state index contributed by atoms with van der Waals surface area (Å²) in [5, 5.41) is 10.4. The quantitative estimate of drug-likeness (QED) is 0.350. The summed E-state index contributed by atoms with van der Waals surface area (Å²) in [6.07, 6.45) is 4.01. The Balaban J connectivity index is 1.71. The monoisotopic (exact) mass is 338 g/mol. The molecule has 0 aliphatic heterocycles. The lowest BCUT2D eigenvalue weighted by atomic mass is 10.1. The highest BCUT2D eigenvalue weighted by atomic mass is 16.5. The van der Waals surface area contributed by atoms with Gasteiger partial charge in [0, 0.05) is 35.0 Å². The largest absolute Gasteiger partial charge is 0.497 e. The van der Waals surface area contributed by atoms with E-state index in [9.17, 15) is 0 Å². The Bertz CT molecular complexity index is 868. The van der Waals surface area contributed by atoms with Gasteiger partial charge in [-0.1, -0.05) is 0 Å². The Kier molecular flexibility index (Phi) is 4.83. The molecule has 0 atom stereocenters. The molecule has 130 valence electrons. The Morgan fingerprint density at radius 3 is 2.68 bits per heavy atom. The van der Waals surface area contributed by atoms with Crippen LogP contribution in [0.2, 0.25) is 0 Å². The van der Waals surface area contributed by atoms with Crippen molar-refractivity contribution in [3.05, 3.63) is 47.4 Å². The fraction of sp³-hybridized carbons (Fsp3) is 0.278. The number of H-pyrrole nitrogens is 1. The van der Waals surface area contributed by atoms with E-state index in [2.05, 4.69) is 20.4 Å². The van der Waals surface area contributed by atoms with Crippen molar-refractivity contribution in [1.82, 2.24) is 20.0 Å². The van der Waals surface area contributed by atoms with Crippen LogP contribution < -0.4 is 10.2 Å². The van der Waals surface area contributed by atoms with Crippen molar-refractivity contribution < 1.29 is 4.74 Å². The van der Waals surface area contributed by atoms with Crippen molar-refractivity contribution >= 4 is 23.2 Å². The van der Waals surface area contributed by atoms with Gasteiger partial charge in [-0.25, -0.2) is 9.97 Å². The molecule has 7 nitrogen and oxygen atoms in total. The Hall–Kier alpha value is -3.09. The van der Waals surface area contributed by atoms with Crippen molar-refractivity contribution in [2.24, 2.45) is 0 Å². The lowest BCUT2D eigenvalue weighted by molar-refractivity contribution is 0.415. The van der Waals surface area contributed by atoms with Crippen LogP contribution in [0.15, 0.2) is 30.5 Å².